The highest BCUT2D eigenvalue weighted by molar-refractivity contribution is 5.95. The van der Waals surface area contributed by atoms with E-state index < -0.39 is 0 Å². The molecule has 2 aliphatic rings. The molecule has 4 aromatic heterocycles. The number of amides is 1. The van der Waals surface area contributed by atoms with Crippen molar-refractivity contribution in [2.75, 3.05) is 24.6 Å². The van der Waals surface area contributed by atoms with Gasteiger partial charge in [0.05, 0.1) is 5.69 Å². The maximum atomic E-state index is 12.2. The zero-order chi connectivity index (χ0) is 24.1. The Morgan fingerprint density at radius 1 is 1.03 bits per heavy atom. The lowest BCUT2D eigenvalue weighted by atomic mass is 9.90. The largest absolute Gasteiger partial charge is 0.383 e. The maximum absolute atomic E-state index is 12.2. The number of nitrogen functional groups attached to an aromatic ring is 1. The van der Waals surface area contributed by atoms with Gasteiger partial charge < -0.3 is 16.0 Å². The molecule has 0 saturated carbocycles. The monoisotopic (exact) mass is 468 g/mol. The van der Waals surface area contributed by atoms with Gasteiger partial charge in [-0.1, -0.05) is 0 Å². The molecule has 3 N–H and O–H groups in total. The smallest absolute Gasteiger partial charge is 0.244 e. The number of aromatic nitrogens is 5. The third kappa shape index (κ3) is 3.86. The fourth-order valence-electron chi connectivity index (χ4n) is 5.12. The number of fused-ring (bicyclic) bond motifs is 3. The normalized spacial score (nSPS) is 15.6. The number of nitrogens with one attached hydrogen (secondary N) is 1. The van der Waals surface area contributed by atoms with Crippen molar-refractivity contribution in [1.82, 2.24) is 29.6 Å². The number of anilines is 3. The molecule has 0 radical (unpaired) electrons. The number of pyridine rings is 3. The van der Waals surface area contributed by atoms with E-state index in [4.69, 9.17) is 10.7 Å². The van der Waals surface area contributed by atoms with Crippen molar-refractivity contribution in [3.63, 3.8) is 0 Å². The van der Waals surface area contributed by atoms with Crippen molar-refractivity contribution in [3.05, 3.63) is 53.1 Å². The summed E-state index contributed by atoms with van der Waals surface area (Å²) >= 11 is 0. The van der Waals surface area contributed by atoms with Crippen LogP contribution in [0, 0.1) is 6.92 Å². The molecule has 0 unspecified atom stereocenters. The van der Waals surface area contributed by atoms with Crippen LogP contribution in [0.1, 0.15) is 35.4 Å². The van der Waals surface area contributed by atoms with Crippen LogP contribution < -0.4 is 11.1 Å². The molecule has 9 heteroatoms. The minimum atomic E-state index is 0.0599. The Hall–Kier alpha value is -4.01. The van der Waals surface area contributed by atoms with Crippen molar-refractivity contribution in [2.24, 2.45) is 0 Å². The Balaban J connectivity index is 1.33. The zero-order valence-electron chi connectivity index (χ0n) is 20.0. The predicted octanol–water partition coefficient (Wildman–Crippen LogP) is 3.42. The van der Waals surface area contributed by atoms with Crippen molar-refractivity contribution >= 4 is 34.1 Å². The first-order chi connectivity index (χ1) is 17.0. The molecule has 0 atom stereocenters. The number of hydrogen-bond acceptors (Lipinski definition) is 7. The summed E-state index contributed by atoms with van der Waals surface area (Å²) in [5, 5.41) is 9.62. The lowest BCUT2D eigenvalue weighted by Crippen LogP contribution is -2.29. The van der Waals surface area contributed by atoms with Crippen LogP contribution in [-0.4, -0.2) is 49.1 Å². The van der Waals surface area contributed by atoms with Crippen LogP contribution >= 0.6 is 0 Å². The molecule has 5 heterocycles. The molecule has 1 aliphatic heterocycles. The molecule has 1 amide bonds. The molecule has 0 spiro atoms. The minimum absolute atomic E-state index is 0.0599. The summed E-state index contributed by atoms with van der Waals surface area (Å²) in [6, 6.07) is 5.99. The molecule has 0 bridgehead atoms. The van der Waals surface area contributed by atoms with Gasteiger partial charge in [-0.25, -0.2) is 9.97 Å². The van der Waals surface area contributed by atoms with Crippen LogP contribution in [-0.2, 0) is 30.6 Å². The van der Waals surface area contributed by atoms with Gasteiger partial charge in [0.25, 0.3) is 0 Å². The van der Waals surface area contributed by atoms with Crippen LogP contribution in [0.2, 0.25) is 0 Å². The maximum Gasteiger partial charge on any atom is 0.244 e. The SMILES string of the molecule is Cc1c(-c2cc3cc(Nc4cc5n(n4)CC(=O)N(C)CC5)ncc3c(N)n2)cnc2c1CCCC2. The van der Waals surface area contributed by atoms with Gasteiger partial charge in [0, 0.05) is 60.8 Å². The fraction of sp³-hybridized carbons (Fsp3) is 0.346. The number of likely N-dealkylation sites (N-methyl/N-ethyl adjacent to an activating group) is 1. The third-order valence-corrected chi connectivity index (χ3v) is 7.20. The average molecular weight is 469 g/mol. The Bertz CT molecular complexity index is 1470. The van der Waals surface area contributed by atoms with E-state index in [9.17, 15) is 4.79 Å². The summed E-state index contributed by atoms with van der Waals surface area (Å²) in [4.78, 5) is 27.9. The first kappa shape index (κ1) is 21.5. The summed E-state index contributed by atoms with van der Waals surface area (Å²) in [5.74, 6) is 1.84. The predicted molar refractivity (Wildman–Crippen MR) is 135 cm³/mol. The van der Waals surface area contributed by atoms with E-state index in [0.29, 0.717) is 24.0 Å². The number of hydrogen-bond donors (Lipinski definition) is 2. The summed E-state index contributed by atoms with van der Waals surface area (Å²) < 4.78 is 1.76. The van der Waals surface area contributed by atoms with E-state index in [1.165, 1.54) is 29.7 Å². The first-order valence-corrected chi connectivity index (χ1v) is 12.1. The van der Waals surface area contributed by atoms with Crippen molar-refractivity contribution < 1.29 is 4.79 Å². The van der Waals surface area contributed by atoms with E-state index in [0.717, 1.165) is 47.0 Å². The second-order valence-electron chi connectivity index (χ2n) is 9.48. The number of rotatable bonds is 3. The molecule has 0 saturated heterocycles. The molecule has 178 valence electrons. The quantitative estimate of drug-likeness (QED) is 0.473. The highest BCUT2D eigenvalue weighted by Crippen LogP contribution is 2.33. The highest BCUT2D eigenvalue weighted by Gasteiger charge is 2.20. The standard InChI is InChI=1S/C26H28N8O/c1-15-18-5-3-4-6-21(18)28-12-19(15)22-9-16-10-23(29-13-20(16)26(27)30-22)31-24-11-17-7-8-33(2)25(35)14-34(17)32-24/h9-13H,3-8,14H2,1-2H3,(H2,27,30)(H,29,31,32). The van der Waals surface area contributed by atoms with Crippen molar-refractivity contribution in [1.29, 1.82) is 0 Å². The molecule has 0 fully saturated rings. The van der Waals surface area contributed by atoms with E-state index in [1.54, 1.807) is 15.8 Å². The number of carbonyl (C=O) groups excluding carboxylic acids is 1. The van der Waals surface area contributed by atoms with Gasteiger partial charge >= 0.3 is 0 Å². The minimum Gasteiger partial charge on any atom is -0.383 e. The Morgan fingerprint density at radius 2 is 1.89 bits per heavy atom. The van der Waals surface area contributed by atoms with Crippen LogP contribution in [0.3, 0.4) is 0 Å². The van der Waals surface area contributed by atoms with Gasteiger partial charge in [-0.05, 0) is 61.3 Å². The lowest BCUT2D eigenvalue weighted by molar-refractivity contribution is -0.130. The average Bonchev–Trinajstić information content (AvgIpc) is 3.17. The zero-order valence-corrected chi connectivity index (χ0v) is 20.0. The lowest BCUT2D eigenvalue weighted by Gasteiger charge is -2.19. The van der Waals surface area contributed by atoms with Gasteiger partial charge in [-0.2, -0.15) is 5.10 Å². The Morgan fingerprint density at radius 3 is 2.77 bits per heavy atom. The van der Waals surface area contributed by atoms with Crippen LogP contribution in [0.25, 0.3) is 22.0 Å². The van der Waals surface area contributed by atoms with E-state index in [1.807, 2.05) is 25.4 Å². The number of aryl methyl sites for hydroxylation is 1. The topological polar surface area (TPSA) is 115 Å². The van der Waals surface area contributed by atoms with E-state index >= 15 is 0 Å². The molecule has 0 aromatic carbocycles. The van der Waals surface area contributed by atoms with Crippen LogP contribution in [0.5, 0.6) is 0 Å². The van der Waals surface area contributed by atoms with Gasteiger partial charge in [0.1, 0.15) is 18.2 Å². The Kier molecular flexibility index (Phi) is 5.12. The van der Waals surface area contributed by atoms with E-state index in [2.05, 4.69) is 33.4 Å². The van der Waals surface area contributed by atoms with Gasteiger partial charge in [0.2, 0.25) is 5.91 Å². The second-order valence-corrected chi connectivity index (χ2v) is 9.48. The van der Waals surface area contributed by atoms with Gasteiger partial charge in [0.15, 0.2) is 5.82 Å². The third-order valence-electron chi connectivity index (χ3n) is 7.20. The highest BCUT2D eigenvalue weighted by atomic mass is 16.2. The van der Waals surface area contributed by atoms with Gasteiger partial charge in [-0.15, -0.1) is 0 Å². The molecule has 4 aromatic rings. The number of nitrogens with two attached hydrogens (primary N) is 1. The molecular formula is C26H28N8O. The first-order valence-electron chi connectivity index (χ1n) is 12.1. The molecular weight excluding hydrogens is 440 g/mol. The molecule has 9 nitrogen and oxygen atoms in total. The van der Waals surface area contributed by atoms with Crippen molar-refractivity contribution in [3.8, 4) is 11.3 Å². The second kappa shape index (κ2) is 8.33. The van der Waals surface area contributed by atoms with Crippen LogP contribution in [0.15, 0.2) is 30.6 Å². The van der Waals surface area contributed by atoms with E-state index in [-0.39, 0.29) is 12.5 Å². The Labute approximate surface area is 203 Å². The molecule has 6 rings (SSSR count). The molecule has 35 heavy (non-hydrogen) atoms. The van der Waals surface area contributed by atoms with Crippen molar-refractivity contribution in [2.45, 2.75) is 45.6 Å². The fourth-order valence-corrected chi connectivity index (χ4v) is 5.12. The number of carbonyl (C=O) groups is 1. The molecule has 1 aliphatic carbocycles. The summed E-state index contributed by atoms with van der Waals surface area (Å²) in [6.07, 6.45) is 8.96. The van der Waals surface area contributed by atoms with Crippen LogP contribution in [0.4, 0.5) is 17.5 Å². The summed E-state index contributed by atoms with van der Waals surface area (Å²) in [6.45, 7) is 3.09. The summed E-state index contributed by atoms with van der Waals surface area (Å²) in [5.41, 5.74) is 13.0. The number of nitrogens with zero attached hydrogens (tertiary/aromatic N) is 6. The van der Waals surface area contributed by atoms with Gasteiger partial charge in [-0.3, -0.25) is 14.5 Å². The summed E-state index contributed by atoms with van der Waals surface area (Å²) in [7, 11) is 1.82.